The Kier molecular flexibility index (Phi) is 4.85. The lowest BCUT2D eigenvalue weighted by molar-refractivity contribution is -0.129. The van der Waals surface area contributed by atoms with Gasteiger partial charge in [0.05, 0.1) is 19.3 Å². The summed E-state index contributed by atoms with van der Waals surface area (Å²) in [6.45, 7) is 0.497. The molecule has 2 aromatic carbocycles. The van der Waals surface area contributed by atoms with Crippen LogP contribution in [0, 0.1) is 5.82 Å². The fourth-order valence-electron chi connectivity index (χ4n) is 3.18. The zero-order valence-electron chi connectivity index (χ0n) is 15.3. The topological polar surface area (TPSA) is 43.7 Å². The Morgan fingerprint density at radius 1 is 1.07 bits per heavy atom. The van der Waals surface area contributed by atoms with Crippen molar-refractivity contribution in [2.24, 2.45) is 0 Å². The number of hydrogen-bond acceptors (Lipinski definition) is 3. The molecule has 1 aliphatic rings. The molecule has 0 radical (unpaired) electrons. The van der Waals surface area contributed by atoms with E-state index in [1.54, 1.807) is 54.7 Å². The number of hydrogen-bond donors (Lipinski definition) is 0. The SMILES string of the molecule is COc1ccc(O/C=C2\c3cccn3CC(=O)N2Cc2cccc(F)c2)cc1. The largest absolute Gasteiger partial charge is 0.497 e. The second-order valence-corrected chi connectivity index (χ2v) is 6.43. The zero-order valence-corrected chi connectivity index (χ0v) is 15.3. The van der Waals surface area contributed by atoms with Crippen molar-refractivity contribution in [2.75, 3.05) is 7.11 Å². The summed E-state index contributed by atoms with van der Waals surface area (Å²) in [4.78, 5) is 14.4. The molecule has 3 aromatic rings. The van der Waals surface area contributed by atoms with Crippen molar-refractivity contribution in [2.45, 2.75) is 13.1 Å². The monoisotopic (exact) mass is 378 g/mol. The lowest BCUT2D eigenvalue weighted by Gasteiger charge is -2.31. The van der Waals surface area contributed by atoms with Gasteiger partial charge in [-0.15, -0.1) is 0 Å². The quantitative estimate of drug-likeness (QED) is 0.629. The molecule has 4 rings (SSSR count). The van der Waals surface area contributed by atoms with E-state index in [4.69, 9.17) is 9.47 Å². The number of rotatable bonds is 5. The summed E-state index contributed by atoms with van der Waals surface area (Å²) in [7, 11) is 1.60. The molecule has 0 fully saturated rings. The van der Waals surface area contributed by atoms with Crippen LogP contribution in [0.4, 0.5) is 4.39 Å². The Morgan fingerprint density at radius 3 is 2.61 bits per heavy atom. The van der Waals surface area contributed by atoms with Crippen molar-refractivity contribution in [1.29, 1.82) is 0 Å². The van der Waals surface area contributed by atoms with Crippen LogP contribution in [0.3, 0.4) is 0 Å². The van der Waals surface area contributed by atoms with Gasteiger partial charge in [-0.1, -0.05) is 12.1 Å². The van der Waals surface area contributed by atoms with Crippen molar-refractivity contribution in [3.05, 3.63) is 90.2 Å². The number of aromatic nitrogens is 1. The molecule has 0 unspecified atom stereocenters. The first-order valence-electron chi connectivity index (χ1n) is 8.85. The van der Waals surface area contributed by atoms with Crippen molar-refractivity contribution >= 4 is 11.6 Å². The minimum absolute atomic E-state index is 0.0856. The van der Waals surface area contributed by atoms with Gasteiger partial charge >= 0.3 is 0 Å². The highest BCUT2D eigenvalue weighted by Crippen LogP contribution is 2.28. The van der Waals surface area contributed by atoms with E-state index in [-0.39, 0.29) is 24.8 Å². The Hall–Kier alpha value is -3.54. The summed E-state index contributed by atoms with van der Waals surface area (Å²) in [5.74, 6) is 0.937. The van der Waals surface area contributed by atoms with Gasteiger partial charge in [-0.3, -0.25) is 4.79 Å². The van der Waals surface area contributed by atoms with Gasteiger partial charge in [-0.05, 0) is 54.1 Å². The van der Waals surface area contributed by atoms with Crippen LogP contribution in [0.25, 0.3) is 5.70 Å². The summed E-state index contributed by atoms with van der Waals surface area (Å²) < 4.78 is 26.4. The van der Waals surface area contributed by atoms with Crippen LogP contribution in [-0.2, 0) is 17.9 Å². The van der Waals surface area contributed by atoms with E-state index in [9.17, 15) is 9.18 Å². The van der Waals surface area contributed by atoms with Crippen LogP contribution in [0.5, 0.6) is 11.5 Å². The number of benzene rings is 2. The van der Waals surface area contributed by atoms with Gasteiger partial charge in [0.2, 0.25) is 5.91 Å². The maximum absolute atomic E-state index is 13.6. The molecule has 0 atom stereocenters. The van der Waals surface area contributed by atoms with Crippen LogP contribution >= 0.6 is 0 Å². The van der Waals surface area contributed by atoms with Gasteiger partial charge in [-0.25, -0.2) is 4.39 Å². The fraction of sp³-hybridized carbons (Fsp3) is 0.136. The second kappa shape index (κ2) is 7.60. The van der Waals surface area contributed by atoms with Crippen molar-refractivity contribution in [3.8, 4) is 11.5 Å². The average Bonchev–Trinajstić information content (AvgIpc) is 3.16. The number of fused-ring (bicyclic) bond motifs is 1. The number of halogens is 1. The molecule has 1 aromatic heterocycles. The normalized spacial score (nSPS) is 14.9. The predicted octanol–water partition coefficient (Wildman–Crippen LogP) is 4.06. The molecule has 1 aliphatic heterocycles. The number of carbonyl (C=O) groups is 1. The number of amides is 1. The summed E-state index contributed by atoms with van der Waals surface area (Å²) in [6, 6.07) is 17.2. The van der Waals surface area contributed by atoms with E-state index in [1.165, 1.54) is 12.1 Å². The van der Waals surface area contributed by atoms with Crippen molar-refractivity contribution in [3.63, 3.8) is 0 Å². The van der Waals surface area contributed by atoms with Gasteiger partial charge in [0.25, 0.3) is 0 Å². The molecule has 142 valence electrons. The van der Waals surface area contributed by atoms with Crippen molar-refractivity contribution in [1.82, 2.24) is 9.47 Å². The molecule has 0 aliphatic carbocycles. The zero-order chi connectivity index (χ0) is 19.5. The maximum atomic E-state index is 13.6. The Balaban J connectivity index is 1.65. The minimum atomic E-state index is -0.328. The summed E-state index contributed by atoms with van der Waals surface area (Å²) in [5.41, 5.74) is 2.20. The summed E-state index contributed by atoms with van der Waals surface area (Å²) in [6.07, 6.45) is 3.41. The molecular weight excluding hydrogens is 359 g/mol. The van der Waals surface area contributed by atoms with Gasteiger partial charge in [-0.2, -0.15) is 0 Å². The first-order chi connectivity index (χ1) is 13.6. The summed E-state index contributed by atoms with van der Waals surface area (Å²) >= 11 is 0. The lowest BCUT2D eigenvalue weighted by Crippen LogP contribution is -2.37. The molecule has 1 amide bonds. The minimum Gasteiger partial charge on any atom is -0.497 e. The average molecular weight is 378 g/mol. The van der Waals surface area contributed by atoms with E-state index in [0.717, 1.165) is 11.4 Å². The van der Waals surface area contributed by atoms with Gasteiger partial charge in [0.1, 0.15) is 35.8 Å². The molecule has 0 bridgehead atoms. The van der Waals surface area contributed by atoms with Crippen LogP contribution in [-0.4, -0.2) is 22.5 Å². The maximum Gasteiger partial charge on any atom is 0.247 e. The number of methoxy groups -OCH3 is 1. The number of nitrogens with zero attached hydrogens (tertiary/aromatic N) is 2. The Bertz CT molecular complexity index is 1020. The fourth-order valence-corrected chi connectivity index (χ4v) is 3.18. The van der Waals surface area contributed by atoms with Gasteiger partial charge < -0.3 is 18.9 Å². The highest BCUT2D eigenvalue weighted by molar-refractivity contribution is 5.89. The lowest BCUT2D eigenvalue weighted by atomic mass is 10.1. The smallest absolute Gasteiger partial charge is 0.247 e. The molecule has 0 saturated carbocycles. The molecule has 5 nitrogen and oxygen atoms in total. The van der Waals surface area contributed by atoms with E-state index < -0.39 is 0 Å². The van der Waals surface area contributed by atoms with E-state index in [1.807, 2.05) is 22.9 Å². The van der Waals surface area contributed by atoms with Crippen LogP contribution in [0.2, 0.25) is 0 Å². The van der Waals surface area contributed by atoms with E-state index in [2.05, 4.69) is 0 Å². The van der Waals surface area contributed by atoms with Gasteiger partial charge in [0, 0.05) is 6.20 Å². The molecule has 0 N–H and O–H groups in total. The third kappa shape index (κ3) is 3.62. The third-order valence-corrected chi connectivity index (χ3v) is 4.59. The Morgan fingerprint density at radius 2 is 1.86 bits per heavy atom. The first-order valence-corrected chi connectivity index (χ1v) is 8.85. The number of ether oxygens (including phenoxy) is 2. The van der Waals surface area contributed by atoms with E-state index >= 15 is 0 Å². The Labute approximate surface area is 162 Å². The van der Waals surface area contributed by atoms with Gasteiger partial charge in [0.15, 0.2) is 0 Å². The molecular formula is C22H19FN2O3. The highest BCUT2D eigenvalue weighted by atomic mass is 19.1. The third-order valence-electron chi connectivity index (χ3n) is 4.59. The molecule has 0 spiro atoms. The first kappa shape index (κ1) is 17.9. The molecule has 2 heterocycles. The molecule has 28 heavy (non-hydrogen) atoms. The predicted molar refractivity (Wildman–Crippen MR) is 103 cm³/mol. The molecule has 0 saturated heterocycles. The summed E-state index contributed by atoms with van der Waals surface area (Å²) in [5, 5.41) is 0. The molecule has 6 heteroatoms. The van der Waals surface area contributed by atoms with E-state index in [0.29, 0.717) is 17.0 Å². The van der Waals surface area contributed by atoms with Crippen LogP contribution < -0.4 is 9.47 Å². The number of carbonyl (C=O) groups excluding carboxylic acids is 1. The highest BCUT2D eigenvalue weighted by Gasteiger charge is 2.28. The van der Waals surface area contributed by atoms with Crippen molar-refractivity contribution < 1.29 is 18.7 Å². The van der Waals surface area contributed by atoms with Crippen LogP contribution in [0.1, 0.15) is 11.3 Å². The standard InChI is InChI=1S/C22H19FN2O3/c1-27-18-7-9-19(10-8-18)28-15-21-20-6-3-11-24(20)14-22(26)25(21)13-16-4-2-5-17(23)12-16/h2-12,15H,13-14H2,1H3/b21-15+. The van der Waals surface area contributed by atoms with Crippen LogP contribution in [0.15, 0.2) is 73.1 Å². The second-order valence-electron chi connectivity index (χ2n) is 6.43.